The van der Waals surface area contributed by atoms with E-state index in [4.69, 9.17) is 4.74 Å². The molecule has 8 heteroatoms. The third-order valence-electron chi connectivity index (χ3n) is 4.07. The number of carbonyl (C=O) groups is 2. The number of amides is 2. The van der Waals surface area contributed by atoms with Crippen LogP contribution in [0.4, 0.5) is 9.93 Å². The Kier molecular flexibility index (Phi) is 5.69. The van der Waals surface area contributed by atoms with Crippen molar-refractivity contribution in [3.8, 4) is 0 Å². The van der Waals surface area contributed by atoms with Crippen molar-refractivity contribution in [1.82, 2.24) is 14.9 Å². The summed E-state index contributed by atoms with van der Waals surface area (Å²) >= 11 is 1.32. The number of benzene rings is 1. The molecule has 1 atom stereocenters. The summed E-state index contributed by atoms with van der Waals surface area (Å²) in [6.07, 6.45) is 3.29. The molecule has 2 amide bonds. The summed E-state index contributed by atoms with van der Waals surface area (Å²) in [5.74, 6) is -0.339. The molecule has 1 aromatic carbocycles. The monoisotopic (exact) mass is 400 g/mol. The molecule has 3 aromatic rings. The number of anilines is 1. The van der Waals surface area contributed by atoms with E-state index >= 15 is 0 Å². The molecule has 2 heterocycles. The molecule has 3 rings (SSSR count). The lowest BCUT2D eigenvalue weighted by atomic mass is 10.0. The van der Waals surface area contributed by atoms with Crippen molar-refractivity contribution in [2.75, 3.05) is 5.32 Å². The molecular formula is C20H24N4O3S. The molecule has 0 aliphatic heterocycles. The summed E-state index contributed by atoms with van der Waals surface area (Å²) in [7, 11) is 1.96. The number of aryl methyl sites for hydroxylation is 1. The topological polar surface area (TPSA) is 85.2 Å². The van der Waals surface area contributed by atoms with E-state index in [9.17, 15) is 9.59 Å². The molecule has 0 bridgehead atoms. The van der Waals surface area contributed by atoms with Gasteiger partial charge in [-0.1, -0.05) is 18.2 Å². The van der Waals surface area contributed by atoms with Gasteiger partial charge in [-0.3, -0.25) is 4.79 Å². The highest BCUT2D eigenvalue weighted by Gasteiger charge is 2.26. The van der Waals surface area contributed by atoms with Crippen molar-refractivity contribution in [2.24, 2.45) is 7.05 Å². The fourth-order valence-electron chi connectivity index (χ4n) is 2.94. The van der Waals surface area contributed by atoms with Gasteiger partial charge in [-0.2, -0.15) is 0 Å². The number of para-hydroxylation sites is 1. The van der Waals surface area contributed by atoms with Crippen LogP contribution in [-0.4, -0.2) is 33.2 Å². The molecule has 2 N–H and O–H groups in total. The van der Waals surface area contributed by atoms with Gasteiger partial charge in [0.05, 0.1) is 0 Å². The fourth-order valence-corrected chi connectivity index (χ4v) is 3.48. The zero-order chi connectivity index (χ0) is 20.3. The Hall–Kier alpha value is -2.87. The minimum atomic E-state index is -0.801. The van der Waals surface area contributed by atoms with E-state index in [-0.39, 0.29) is 5.91 Å². The van der Waals surface area contributed by atoms with Gasteiger partial charge in [0.2, 0.25) is 5.91 Å². The van der Waals surface area contributed by atoms with Crippen molar-refractivity contribution < 1.29 is 14.3 Å². The first kappa shape index (κ1) is 19.9. The van der Waals surface area contributed by atoms with Crippen molar-refractivity contribution in [3.63, 3.8) is 0 Å². The van der Waals surface area contributed by atoms with Crippen LogP contribution < -0.4 is 10.6 Å². The Bertz CT molecular complexity index is 973. The second-order valence-electron chi connectivity index (χ2n) is 7.51. The van der Waals surface area contributed by atoms with Crippen LogP contribution in [0.1, 0.15) is 26.3 Å². The van der Waals surface area contributed by atoms with E-state index in [1.54, 1.807) is 32.3 Å². The quantitative estimate of drug-likeness (QED) is 0.684. The first-order chi connectivity index (χ1) is 13.2. The Morgan fingerprint density at radius 3 is 2.71 bits per heavy atom. The fraction of sp³-hybridized carbons (Fsp3) is 0.350. The molecule has 28 heavy (non-hydrogen) atoms. The van der Waals surface area contributed by atoms with Gasteiger partial charge in [-0.15, -0.1) is 11.3 Å². The van der Waals surface area contributed by atoms with Crippen LogP contribution in [-0.2, 0) is 23.0 Å². The lowest BCUT2D eigenvalue weighted by molar-refractivity contribution is -0.118. The molecule has 7 nitrogen and oxygen atoms in total. The molecular weight excluding hydrogens is 376 g/mol. The van der Waals surface area contributed by atoms with Crippen molar-refractivity contribution in [2.45, 2.75) is 38.8 Å². The van der Waals surface area contributed by atoms with E-state index in [1.165, 1.54) is 11.3 Å². The second kappa shape index (κ2) is 8.02. The third-order valence-corrected chi connectivity index (χ3v) is 4.76. The molecule has 0 unspecified atom stereocenters. The van der Waals surface area contributed by atoms with Gasteiger partial charge < -0.3 is 19.9 Å². The number of thiazole rings is 1. The first-order valence-corrected chi connectivity index (χ1v) is 9.84. The van der Waals surface area contributed by atoms with Gasteiger partial charge in [-0.25, -0.2) is 9.78 Å². The molecule has 2 aromatic heterocycles. The van der Waals surface area contributed by atoms with E-state index in [1.807, 2.05) is 42.1 Å². The molecule has 0 fully saturated rings. The summed E-state index contributed by atoms with van der Waals surface area (Å²) in [6, 6.07) is 7.15. The van der Waals surface area contributed by atoms with Crippen LogP contribution in [0, 0.1) is 0 Å². The van der Waals surface area contributed by atoms with Crippen LogP contribution in [0.15, 0.2) is 42.0 Å². The standard InChI is InChI=1S/C20H24N4O3S/c1-20(2,3)27-19(26)22-15(17(25)23-18-21-9-10-28-18)11-13-12-24(4)16-8-6-5-7-14(13)16/h5-10,12,15H,11H2,1-4H3,(H,22,26)(H,21,23,25)/t15-/m1/s1. The number of ether oxygens (including phenoxy) is 1. The zero-order valence-electron chi connectivity index (χ0n) is 16.4. The lowest BCUT2D eigenvalue weighted by Crippen LogP contribution is -2.47. The minimum absolute atomic E-state index is 0.331. The average Bonchev–Trinajstić information content (AvgIpc) is 3.21. The van der Waals surface area contributed by atoms with Gasteiger partial charge in [-0.05, 0) is 32.4 Å². The highest BCUT2D eigenvalue weighted by molar-refractivity contribution is 7.13. The summed E-state index contributed by atoms with van der Waals surface area (Å²) in [4.78, 5) is 29.2. The summed E-state index contributed by atoms with van der Waals surface area (Å²) in [5.41, 5.74) is 1.38. The molecule has 0 saturated heterocycles. The smallest absolute Gasteiger partial charge is 0.408 e. The molecule has 0 aliphatic rings. The largest absolute Gasteiger partial charge is 0.444 e. The van der Waals surface area contributed by atoms with Crippen molar-refractivity contribution in [1.29, 1.82) is 0 Å². The Morgan fingerprint density at radius 2 is 2.04 bits per heavy atom. The summed E-state index contributed by atoms with van der Waals surface area (Å²) in [6.45, 7) is 5.34. The third kappa shape index (κ3) is 4.89. The molecule has 0 spiro atoms. The lowest BCUT2D eigenvalue weighted by Gasteiger charge is -2.23. The number of hydrogen-bond donors (Lipinski definition) is 2. The second-order valence-corrected chi connectivity index (χ2v) is 8.41. The SMILES string of the molecule is Cn1cc(C[C@@H](NC(=O)OC(C)(C)C)C(=O)Nc2nccs2)c2ccccc21. The molecule has 148 valence electrons. The molecule has 0 saturated carbocycles. The molecule has 0 aliphatic carbocycles. The Balaban J connectivity index is 1.84. The van der Waals surface area contributed by atoms with Crippen LogP contribution in [0.2, 0.25) is 0 Å². The maximum Gasteiger partial charge on any atom is 0.408 e. The number of nitrogens with one attached hydrogen (secondary N) is 2. The van der Waals surface area contributed by atoms with E-state index in [2.05, 4.69) is 15.6 Å². The van der Waals surface area contributed by atoms with Crippen molar-refractivity contribution >= 4 is 39.4 Å². The first-order valence-electron chi connectivity index (χ1n) is 8.96. The predicted molar refractivity (Wildman–Crippen MR) is 111 cm³/mol. The van der Waals surface area contributed by atoms with Gasteiger partial charge >= 0.3 is 6.09 Å². The minimum Gasteiger partial charge on any atom is -0.444 e. The Morgan fingerprint density at radius 1 is 1.29 bits per heavy atom. The van der Waals surface area contributed by atoms with Crippen LogP contribution in [0.25, 0.3) is 10.9 Å². The number of nitrogens with zero attached hydrogens (tertiary/aromatic N) is 2. The number of fused-ring (bicyclic) bond motifs is 1. The number of rotatable bonds is 5. The number of hydrogen-bond acceptors (Lipinski definition) is 5. The maximum absolute atomic E-state index is 12.8. The normalized spacial score (nSPS) is 12.6. The number of aromatic nitrogens is 2. The van der Waals surface area contributed by atoms with E-state index < -0.39 is 17.7 Å². The van der Waals surface area contributed by atoms with Gasteiger partial charge in [0, 0.05) is 42.1 Å². The highest BCUT2D eigenvalue weighted by Crippen LogP contribution is 2.22. The van der Waals surface area contributed by atoms with Crippen LogP contribution in [0.3, 0.4) is 0 Å². The van der Waals surface area contributed by atoms with Crippen molar-refractivity contribution in [3.05, 3.63) is 47.6 Å². The Labute approximate surface area is 167 Å². The van der Waals surface area contributed by atoms with Crippen LogP contribution in [0.5, 0.6) is 0 Å². The summed E-state index contributed by atoms with van der Waals surface area (Å²) in [5, 5.41) is 8.76. The van der Waals surface area contributed by atoms with Crippen LogP contribution >= 0.6 is 11.3 Å². The van der Waals surface area contributed by atoms with E-state index in [0.717, 1.165) is 16.5 Å². The van der Waals surface area contributed by atoms with Gasteiger partial charge in [0.25, 0.3) is 0 Å². The number of carbonyl (C=O) groups excluding carboxylic acids is 2. The summed E-state index contributed by atoms with van der Waals surface area (Å²) < 4.78 is 7.34. The number of alkyl carbamates (subject to hydrolysis) is 1. The molecule has 0 radical (unpaired) electrons. The predicted octanol–water partition coefficient (Wildman–Crippen LogP) is 3.71. The zero-order valence-corrected chi connectivity index (χ0v) is 17.2. The highest BCUT2D eigenvalue weighted by atomic mass is 32.1. The average molecular weight is 401 g/mol. The van der Waals surface area contributed by atoms with Gasteiger partial charge in [0.1, 0.15) is 11.6 Å². The maximum atomic E-state index is 12.8. The van der Waals surface area contributed by atoms with Gasteiger partial charge in [0.15, 0.2) is 5.13 Å². The van der Waals surface area contributed by atoms with E-state index in [0.29, 0.717) is 11.6 Å².